The molecule has 1 heterocycles. The van der Waals surface area contributed by atoms with Crippen molar-refractivity contribution in [3.63, 3.8) is 0 Å². The molecule has 4 N–H and O–H groups in total. The van der Waals surface area contributed by atoms with Crippen molar-refractivity contribution in [2.75, 3.05) is 19.0 Å². The van der Waals surface area contributed by atoms with E-state index < -0.39 is 71.2 Å². The van der Waals surface area contributed by atoms with Crippen LogP contribution >= 0.6 is 0 Å². The lowest BCUT2D eigenvalue weighted by Crippen LogP contribution is -2.60. The van der Waals surface area contributed by atoms with Gasteiger partial charge in [0.15, 0.2) is 12.4 Å². The molecule has 0 spiro atoms. The van der Waals surface area contributed by atoms with Crippen molar-refractivity contribution >= 4 is 22.1 Å². The number of allylic oxidation sites excluding steroid dienone is 4. The Morgan fingerprint density at radius 1 is 0.607 bits per heavy atom. The van der Waals surface area contributed by atoms with Gasteiger partial charge < -0.3 is 34.3 Å². The summed E-state index contributed by atoms with van der Waals surface area (Å²) < 4.78 is 54.0. The lowest BCUT2D eigenvalue weighted by atomic mass is 10.00. The summed E-state index contributed by atoms with van der Waals surface area (Å²) in [7, 11) is -4.60. The van der Waals surface area contributed by atoms with E-state index in [1.807, 2.05) is 0 Å². The molecule has 56 heavy (non-hydrogen) atoms. The number of hydrogen-bond donors (Lipinski definition) is 4. The minimum absolute atomic E-state index is 0.150. The Morgan fingerprint density at radius 2 is 1.09 bits per heavy atom. The van der Waals surface area contributed by atoms with E-state index >= 15 is 0 Å². The van der Waals surface area contributed by atoms with Gasteiger partial charge in [0.1, 0.15) is 36.8 Å². The molecule has 13 heteroatoms. The highest BCUT2D eigenvalue weighted by atomic mass is 32.2. The van der Waals surface area contributed by atoms with Crippen molar-refractivity contribution in [1.82, 2.24) is 0 Å². The highest BCUT2D eigenvalue weighted by molar-refractivity contribution is 7.85. The van der Waals surface area contributed by atoms with Crippen LogP contribution in [0.2, 0.25) is 0 Å². The Morgan fingerprint density at radius 3 is 1.62 bits per heavy atom. The molecular formula is C43H78O12S. The zero-order chi connectivity index (χ0) is 41.3. The van der Waals surface area contributed by atoms with Gasteiger partial charge >= 0.3 is 11.9 Å². The Labute approximate surface area is 338 Å². The van der Waals surface area contributed by atoms with Crippen molar-refractivity contribution in [2.24, 2.45) is 0 Å². The van der Waals surface area contributed by atoms with Crippen LogP contribution in [-0.2, 0) is 38.7 Å². The number of ether oxygens (including phenoxy) is 4. The highest BCUT2D eigenvalue weighted by Crippen LogP contribution is 2.24. The predicted octanol–water partition coefficient (Wildman–Crippen LogP) is 8.45. The second-order valence-electron chi connectivity index (χ2n) is 15.4. The van der Waals surface area contributed by atoms with Gasteiger partial charge in [-0.3, -0.25) is 14.1 Å². The van der Waals surface area contributed by atoms with Gasteiger partial charge in [-0.25, -0.2) is 0 Å². The monoisotopic (exact) mass is 819 g/mol. The Kier molecular flexibility index (Phi) is 31.7. The molecule has 1 rings (SSSR count). The topological polar surface area (TPSA) is 186 Å². The minimum atomic E-state index is -4.60. The maximum Gasteiger partial charge on any atom is 0.306 e. The van der Waals surface area contributed by atoms with Crippen LogP contribution in [0.5, 0.6) is 0 Å². The van der Waals surface area contributed by atoms with E-state index in [2.05, 4.69) is 38.2 Å². The molecule has 0 amide bonds. The fraction of sp³-hybridized carbons (Fsp3) is 0.860. The minimum Gasteiger partial charge on any atom is -0.462 e. The van der Waals surface area contributed by atoms with Gasteiger partial charge in [-0.05, 0) is 38.5 Å². The molecule has 0 aromatic carbocycles. The number of carbonyl (C=O) groups is 2. The zero-order valence-electron chi connectivity index (χ0n) is 34.7. The zero-order valence-corrected chi connectivity index (χ0v) is 35.6. The van der Waals surface area contributed by atoms with Gasteiger partial charge in [-0.2, -0.15) is 8.42 Å². The lowest BCUT2D eigenvalue weighted by molar-refractivity contribution is -0.297. The number of esters is 2. The van der Waals surface area contributed by atoms with Crippen LogP contribution in [-0.4, -0.2) is 96.0 Å². The molecule has 0 bridgehead atoms. The molecule has 1 aliphatic heterocycles. The molecular weight excluding hydrogens is 741 g/mol. The van der Waals surface area contributed by atoms with Gasteiger partial charge in [0.25, 0.3) is 10.1 Å². The lowest BCUT2D eigenvalue weighted by Gasteiger charge is -2.40. The Balaban J connectivity index is 2.47. The molecule has 12 nitrogen and oxygen atoms in total. The predicted molar refractivity (Wildman–Crippen MR) is 220 cm³/mol. The summed E-state index contributed by atoms with van der Waals surface area (Å²) in [6.45, 7) is 3.70. The summed E-state index contributed by atoms with van der Waals surface area (Å²) in [4.78, 5) is 25.3. The molecule has 1 saturated heterocycles. The summed E-state index contributed by atoms with van der Waals surface area (Å²) in [5.41, 5.74) is 0. The van der Waals surface area contributed by atoms with E-state index in [0.717, 1.165) is 64.2 Å². The van der Waals surface area contributed by atoms with E-state index in [4.69, 9.17) is 18.9 Å². The smallest absolute Gasteiger partial charge is 0.306 e. The van der Waals surface area contributed by atoms with Crippen LogP contribution in [0.3, 0.4) is 0 Å². The molecule has 0 aliphatic carbocycles. The van der Waals surface area contributed by atoms with Crippen molar-refractivity contribution in [3.05, 3.63) is 24.3 Å². The summed E-state index contributed by atoms with van der Waals surface area (Å²) in [6, 6.07) is 0. The fourth-order valence-electron chi connectivity index (χ4n) is 6.58. The molecule has 0 saturated carbocycles. The number of aliphatic hydroxyl groups excluding tert-OH is 3. The molecule has 0 aromatic rings. The average molecular weight is 819 g/mol. The van der Waals surface area contributed by atoms with Crippen molar-refractivity contribution in [1.29, 1.82) is 0 Å². The quantitative estimate of drug-likeness (QED) is 0.0205. The third kappa shape index (κ3) is 28.5. The van der Waals surface area contributed by atoms with Crippen molar-refractivity contribution in [2.45, 2.75) is 218 Å². The van der Waals surface area contributed by atoms with E-state index in [9.17, 15) is 37.9 Å². The van der Waals surface area contributed by atoms with Crippen LogP contribution < -0.4 is 0 Å². The van der Waals surface area contributed by atoms with Crippen LogP contribution in [0, 0.1) is 0 Å². The number of aliphatic hydroxyl groups is 3. The van der Waals surface area contributed by atoms with Gasteiger partial charge in [0, 0.05) is 12.8 Å². The van der Waals surface area contributed by atoms with Crippen molar-refractivity contribution in [3.8, 4) is 0 Å². The van der Waals surface area contributed by atoms with Crippen LogP contribution in [0.15, 0.2) is 24.3 Å². The first-order chi connectivity index (χ1) is 27.0. The standard InChI is InChI=1S/C43H78O12S/c1-3-5-7-9-11-13-15-17-19-21-23-25-27-29-31-38(44)52-33-36(34-53-43-42(48)41(47)40(46)37(55-43)35-56(49,50)51)54-39(45)32-30-28-26-24-22-20-18-16-14-12-10-8-6-4-2/h10,12,16,18,36-37,40-43,46-48H,3-9,11,13-15,17,19-35H2,1-2H3,(H,49,50,51)/b12-10-,18-16-. The molecule has 0 radical (unpaired) electrons. The third-order valence-corrected chi connectivity index (χ3v) is 10.8. The number of hydrogen-bond acceptors (Lipinski definition) is 11. The van der Waals surface area contributed by atoms with Gasteiger partial charge in [0.2, 0.25) is 0 Å². The van der Waals surface area contributed by atoms with Crippen molar-refractivity contribution < 1.29 is 56.8 Å². The second-order valence-corrected chi connectivity index (χ2v) is 16.9. The molecule has 328 valence electrons. The van der Waals surface area contributed by atoms with Crippen LogP contribution in [0.25, 0.3) is 0 Å². The first kappa shape index (κ1) is 52.1. The van der Waals surface area contributed by atoms with E-state index in [1.54, 1.807) is 0 Å². The fourth-order valence-corrected chi connectivity index (χ4v) is 7.27. The Bertz CT molecular complexity index is 1140. The van der Waals surface area contributed by atoms with Crippen LogP contribution in [0.1, 0.15) is 181 Å². The highest BCUT2D eigenvalue weighted by Gasteiger charge is 2.46. The molecule has 1 aliphatic rings. The van der Waals surface area contributed by atoms with Gasteiger partial charge in [0.05, 0.1) is 6.61 Å². The van der Waals surface area contributed by atoms with Gasteiger partial charge in [-0.15, -0.1) is 0 Å². The largest absolute Gasteiger partial charge is 0.462 e. The number of carbonyl (C=O) groups excluding carboxylic acids is 2. The normalized spacial score (nSPS) is 20.9. The third-order valence-electron chi connectivity index (χ3n) is 10.0. The Hall–Kier alpha value is -1.87. The molecule has 1 fully saturated rings. The van der Waals surface area contributed by atoms with Crippen LogP contribution in [0.4, 0.5) is 0 Å². The summed E-state index contributed by atoms with van der Waals surface area (Å²) in [5, 5.41) is 30.8. The first-order valence-electron chi connectivity index (χ1n) is 21.9. The SMILES string of the molecule is CCCC/C=C\C/C=C\CCCCCCCC(=O)OC(COC(=O)CCCCCCCCCCCCCCCC)COC1OC(CS(=O)(=O)O)C(O)C(O)C1O. The summed E-state index contributed by atoms with van der Waals surface area (Å²) in [5.74, 6) is -1.99. The molecule has 0 aromatic heterocycles. The van der Waals surface area contributed by atoms with E-state index in [0.29, 0.717) is 12.8 Å². The maximum atomic E-state index is 12.8. The maximum absolute atomic E-state index is 12.8. The molecule has 6 unspecified atom stereocenters. The number of unbranched alkanes of at least 4 members (excludes halogenated alkanes) is 20. The average Bonchev–Trinajstić information content (AvgIpc) is 3.16. The van der Waals surface area contributed by atoms with E-state index in [-0.39, 0.29) is 19.4 Å². The molecule has 6 atom stereocenters. The summed E-state index contributed by atoms with van der Waals surface area (Å²) in [6.07, 6.45) is 26.5. The summed E-state index contributed by atoms with van der Waals surface area (Å²) >= 11 is 0. The number of rotatable bonds is 36. The first-order valence-corrected chi connectivity index (χ1v) is 23.5. The second kappa shape index (κ2) is 34.0. The van der Waals surface area contributed by atoms with E-state index in [1.165, 1.54) is 77.0 Å². The van der Waals surface area contributed by atoms with Gasteiger partial charge in [-0.1, -0.05) is 154 Å².